The second-order valence-electron chi connectivity index (χ2n) is 5.23. The Hall–Kier alpha value is -0.541. The fourth-order valence-corrected chi connectivity index (χ4v) is 2.18. The molecular weight excluding hydrogens is 320 g/mol. The number of hydrogen-bond acceptors (Lipinski definition) is 2. The van der Waals surface area contributed by atoms with Crippen molar-refractivity contribution in [1.29, 1.82) is 0 Å². The average Bonchev–Trinajstić information content (AvgIpc) is 2.38. The van der Waals surface area contributed by atoms with Crippen LogP contribution >= 0.6 is 0 Å². The Labute approximate surface area is 140 Å². The first-order chi connectivity index (χ1) is 9.44. The molecule has 5 heteroatoms. The van der Waals surface area contributed by atoms with Crippen LogP contribution in [0.2, 0.25) is 0 Å². The van der Waals surface area contributed by atoms with Crippen LogP contribution < -0.4 is 0 Å². The first-order valence-corrected chi connectivity index (χ1v) is 7.89. The summed E-state index contributed by atoms with van der Waals surface area (Å²) in [6.45, 7) is 8.08. The van der Waals surface area contributed by atoms with Gasteiger partial charge >= 0.3 is 11.9 Å². The minimum atomic E-state index is -0.635. The molecule has 0 saturated carbocycles. The van der Waals surface area contributed by atoms with Gasteiger partial charge in [-0.3, -0.25) is 9.59 Å². The van der Waals surface area contributed by atoms with Gasteiger partial charge in [0.25, 0.3) is 0 Å². The molecule has 0 aromatic rings. The van der Waals surface area contributed by atoms with Crippen LogP contribution in [0.4, 0.5) is 0 Å². The van der Waals surface area contributed by atoms with Crippen molar-refractivity contribution in [1.82, 2.24) is 0 Å². The van der Waals surface area contributed by atoms with Crippen molar-refractivity contribution >= 4 is 11.9 Å². The Morgan fingerprint density at radius 3 is 0.952 bits per heavy atom. The third-order valence-electron chi connectivity index (χ3n) is 3.25. The molecule has 0 amide bonds. The van der Waals surface area contributed by atoms with Crippen molar-refractivity contribution in [2.45, 2.75) is 79.1 Å². The number of rotatable bonds is 10. The van der Waals surface area contributed by atoms with Crippen LogP contribution in [0.1, 0.15) is 79.1 Å². The zero-order valence-corrected chi connectivity index (χ0v) is 14.8. The summed E-state index contributed by atoms with van der Waals surface area (Å²) in [6.07, 6.45) is 7.17. The largest absolute Gasteiger partial charge is 0.481 e. The molecule has 0 aromatic carbocycles. The van der Waals surface area contributed by atoms with E-state index in [1.807, 2.05) is 27.7 Å². The second kappa shape index (κ2) is 17.5. The van der Waals surface area contributed by atoms with Gasteiger partial charge in [-0.2, -0.15) is 0 Å². The molecule has 0 aliphatic heterocycles. The van der Waals surface area contributed by atoms with E-state index in [0.717, 1.165) is 51.4 Å². The Kier molecular flexibility index (Phi) is 21.2. The van der Waals surface area contributed by atoms with E-state index < -0.39 is 11.9 Å². The van der Waals surface area contributed by atoms with Gasteiger partial charge in [-0.15, -0.1) is 0 Å². The molecule has 0 aliphatic rings. The standard InChI is InChI=1S/2C8H16O2.Cu/c2*1-3-5-7(6-4-2)8(9)10;/h2*7H,3-6H2,1-2H3,(H,9,10);. The summed E-state index contributed by atoms with van der Waals surface area (Å²) in [5.74, 6) is -1.47. The van der Waals surface area contributed by atoms with Crippen molar-refractivity contribution in [3.8, 4) is 0 Å². The minimum Gasteiger partial charge on any atom is -0.481 e. The third kappa shape index (κ3) is 15.7. The molecule has 0 bridgehead atoms. The van der Waals surface area contributed by atoms with Crippen LogP contribution in [0.25, 0.3) is 0 Å². The van der Waals surface area contributed by atoms with E-state index in [2.05, 4.69) is 0 Å². The molecule has 0 saturated heterocycles. The molecule has 2 N–H and O–H groups in total. The van der Waals surface area contributed by atoms with Crippen LogP contribution in [0.15, 0.2) is 0 Å². The first-order valence-electron chi connectivity index (χ1n) is 7.89. The maximum atomic E-state index is 10.5. The van der Waals surface area contributed by atoms with Gasteiger partial charge in [0.2, 0.25) is 0 Å². The number of carbonyl (C=O) groups is 2. The fourth-order valence-electron chi connectivity index (χ4n) is 2.18. The summed E-state index contributed by atoms with van der Waals surface area (Å²) in [7, 11) is 0. The Balaban J connectivity index is -0.000000295. The van der Waals surface area contributed by atoms with Crippen molar-refractivity contribution in [3.63, 3.8) is 0 Å². The zero-order chi connectivity index (χ0) is 16.0. The molecule has 0 heterocycles. The maximum absolute atomic E-state index is 10.5. The summed E-state index contributed by atoms with van der Waals surface area (Å²) >= 11 is 0. The maximum Gasteiger partial charge on any atom is 0.306 e. The predicted molar refractivity (Wildman–Crippen MR) is 81.9 cm³/mol. The molecule has 0 unspecified atom stereocenters. The third-order valence-corrected chi connectivity index (χ3v) is 3.25. The monoisotopic (exact) mass is 351 g/mol. The number of carboxylic acid groups (broad SMARTS) is 2. The molecule has 0 atom stereocenters. The SMILES string of the molecule is CCCC(CCC)C(=O)O.CCCC(CCC)C(=O)O.[Cu]. The molecular formula is C16H32CuO4. The normalized spacial score (nSPS) is 9.81. The van der Waals surface area contributed by atoms with Gasteiger partial charge < -0.3 is 10.2 Å². The molecule has 0 rings (SSSR count). The van der Waals surface area contributed by atoms with Crippen molar-refractivity contribution in [3.05, 3.63) is 0 Å². The van der Waals surface area contributed by atoms with E-state index in [4.69, 9.17) is 10.2 Å². The van der Waals surface area contributed by atoms with Crippen LogP contribution in [-0.4, -0.2) is 22.2 Å². The molecule has 131 valence electrons. The molecule has 0 aromatic heterocycles. The van der Waals surface area contributed by atoms with E-state index >= 15 is 0 Å². The summed E-state index contributed by atoms with van der Waals surface area (Å²) in [4.78, 5) is 21.0. The van der Waals surface area contributed by atoms with E-state index in [1.54, 1.807) is 0 Å². The van der Waals surface area contributed by atoms with Gasteiger partial charge in [-0.1, -0.05) is 53.4 Å². The first kappa shape index (κ1) is 25.4. The van der Waals surface area contributed by atoms with E-state index in [1.165, 1.54) is 0 Å². The van der Waals surface area contributed by atoms with Gasteiger partial charge in [0.15, 0.2) is 0 Å². The van der Waals surface area contributed by atoms with Crippen LogP contribution in [0.5, 0.6) is 0 Å². The molecule has 0 fully saturated rings. The fraction of sp³-hybridized carbons (Fsp3) is 0.875. The zero-order valence-electron chi connectivity index (χ0n) is 13.8. The quantitative estimate of drug-likeness (QED) is 0.565. The average molecular weight is 352 g/mol. The molecule has 21 heavy (non-hydrogen) atoms. The van der Waals surface area contributed by atoms with Crippen LogP contribution in [0, 0.1) is 11.8 Å². The molecule has 4 nitrogen and oxygen atoms in total. The number of carboxylic acids is 2. The molecule has 1 radical (unpaired) electrons. The summed E-state index contributed by atoms with van der Waals surface area (Å²) < 4.78 is 0. The topological polar surface area (TPSA) is 74.6 Å². The van der Waals surface area contributed by atoms with E-state index in [9.17, 15) is 9.59 Å². The summed E-state index contributed by atoms with van der Waals surface area (Å²) in [6, 6.07) is 0. The summed E-state index contributed by atoms with van der Waals surface area (Å²) in [5.41, 5.74) is 0. The summed E-state index contributed by atoms with van der Waals surface area (Å²) in [5, 5.41) is 17.3. The van der Waals surface area contributed by atoms with E-state index in [-0.39, 0.29) is 28.9 Å². The van der Waals surface area contributed by atoms with Gasteiger partial charge in [-0.25, -0.2) is 0 Å². The van der Waals surface area contributed by atoms with Gasteiger partial charge in [0.05, 0.1) is 11.8 Å². The van der Waals surface area contributed by atoms with Gasteiger partial charge in [0.1, 0.15) is 0 Å². The van der Waals surface area contributed by atoms with Crippen molar-refractivity contribution in [2.75, 3.05) is 0 Å². The second-order valence-corrected chi connectivity index (χ2v) is 5.23. The Morgan fingerprint density at radius 2 is 0.857 bits per heavy atom. The van der Waals surface area contributed by atoms with Crippen molar-refractivity contribution in [2.24, 2.45) is 11.8 Å². The number of hydrogen-bond donors (Lipinski definition) is 2. The van der Waals surface area contributed by atoms with Gasteiger partial charge in [0, 0.05) is 17.1 Å². The minimum absolute atomic E-state index is 0. The molecule has 0 spiro atoms. The molecule has 0 aliphatic carbocycles. The van der Waals surface area contributed by atoms with Crippen molar-refractivity contribution < 1.29 is 36.9 Å². The van der Waals surface area contributed by atoms with Gasteiger partial charge in [-0.05, 0) is 25.7 Å². The van der Waals surface area contributed by atoms with Crippen LogP contribution in [0.3, 0.4) is 0 Å². The Morgan fingerprint density at radius 1 is 0.667 bits per heavy atom. The predicted octanol–water partition coefficient (Wildman–Crippen LogP) is 4.57. The smallest absolute Gasteiger partial charge is 0.306 e. The van der Waals surface area contributed by atoms with Crippen LogP contribution in [-0.2, 0) is 26.7 Å². The Bertz CT molecular complexity index is 219. The van der Waals surface area contributed by atoms with E-state index in [0.29, 0.717) is 0 Å². The number of aliphatic carboxylic acids is 2.